The van der Waals surface area contributed by atoms with Gasteiger partial charge in [0, 0.05) is 27.3 Å². The van der Waals surface area contributed by atoms with Crippen LogP contribution in [0, 0.1) is 0 Å². The zero-order valence-corrected chi connectivity index (χ0v) is 7.53. The van der Waals surface area contributed by atoms with Gasteiger partial charge in [0.1, 0.15) is 5.69 Å². The van der Waals surface area contributed by atoms with E-state index in [4.69, 9.17) is 5.73 Å². The molecule has 4 nitrogen and oxygen atoms in total. The van der Waals surface area contributed by atoms with E-state index in [2.05, 4.69) is 0 Å². The van der Waals surface area contributed by atoms with Crippen LogP contribution in [0.4, 0.5) is 5.69 Å². The molecule has 0 aliphatic rings. The predicted octanol–water partition coefficient (Wildman–Crippen LogP) is 0.309. The van der Waals surface area contributed by atoms with Crippen LogP contribution < -0.4 is 5.73 Å². The van der Waals surface area contributed by atoms with E-state index in [9.17, 15) is 4.79 Å². The molecule has 2 N–H and O–H groups in total. The first-order valence-electron chi connectivity index (χ1n) is 3.66. The van der Waals surface area contributed by atoms with Gasteiger partial charge in [-0.25, -0.2) is 0 Å². The lowest BCUT2D eigenvalue weighted by Gasteiger charge is -2.11. The molecule has 0 spiro atoms. The fraction of sp³-hybridized carbons (Fsp3) is 0.375. The summed E-state index contributed by atoms with van der Waals surface area (Å²) in [5.74, 6) is -0.0694. The van der Waals surface area contributed by atoms with Gasteiger partial charge < -0.3 is 15.2 Å². The van der Waals surface area contributed by atoms with E-state index in [1.54, 1.807) is 38.0 Å². The van der Waals surface area contributed by atoms with Crippen molar-refractivity contribution < 1.29 is 4.79 Å². The van der Waals surface area contributed by atoms with Crippen LogP contribution in [0.2, 0.25) is 0 Å². The Balaban J connectivity index is 3.09. The van der Waals surface area contributed by atoms with E-state index in [0.717, 1.165) is 0 Å². The van der Waals surface area contributed by atoms with Crippen LogP contribution in [0.5, 0.6) is 0 Å². The van der Waals surface area contributed by atoms with Crippen molar-refractivity contribution in [2.45, 2.75) is 0 Å². The molecule has 0 radical (unpaired) electrons. The van der Waals surface area contributed by atoms with Gasteiger partial charge in [0.25, 0.3) is 5.91 Å². The van der Waals surface area contributed by atoms with Crippen molar-refractivity contribution in [1.82, 2.24) is 9.47 Å². The Morgan fingerprint density at radius 1 is 1.58 bits per heavy atom. The summed E-state index contributed by atoms with van der Waals surface area (Å²) in [4.78, 5) is 13.0. The van der Waals surface area contributed by atoms with E-state index in [0.29, 0.717) is 11.4 Å². The third-order valence-electron chi connectivity index (χ3n) is 1.71. The number of nitrogens with zero attached hydrogens (tertiary/aromatic N) is 2. The van der Waals surface area contributed by atoms with Crippen LogP contribution in [-0.4, -0.2) is 29.5 Å². The van der Waals surface area contributed by atoms with E-state index >= 15 is 0 Å². The van der Waals surface area contributed by atoms with Crippen molar-refractivity contribution >= 4 is 11.6 Å². The molecule has 0 aliphatic heterocycles. The molecule has 12 heavy (non-hydrogen) atoms. The van der Waals surface area contributed by atoms with E-state index in [1.807, 2.05) is 0 Å². The zero-order chi connectivity index (χ0) is 9.30. The number of nitrogen functional groups attached to an aromatic ring is 1. The van der Waals surface area contributed by atoms with Gasteiger partial charge in [-0.05, 0) is 6.07 Å². The summed E-state index contributed by atoms with van der Waals surface area (Å²) in [6, 6.07) is 1.72. The number of aryl methyl sites for hydroxylation is 1. The molecule has 0 saturated heterocycles. The van der Waals surface area contributed by atoms with Crippen molar-refractivity contribution in [1.29, 1.82) is 0 Å². The highest BCUT2D eigenvalue weighted by molar-refractivity contribution is 5.97. The maximum absolute atomic E-state index is 11.5. The summed E-state index contributed by atoms with van der Waals surface area (Å²) in [5, 5.41) is 0. The molecule has 1 heterocycles. The minimum atomic E-state index is -0.0694. The second-order valence-electron chi connectivity index (χ2n) is 2.93. The molecule has 0 aliphatic carbocycles. The molecule has 4 heteroatoms. The second-order valence-corrected chi connectivity index (χ2v) is 2.93. The average molecular weight is 167 g/mol. The van der Waals surface area contributed by atoms with E-state index in [1.165, 1.54) is 4.90 Å². The van der Waals surface area contributed by atoms with Gasteiger partial charge in [-0.1, -0.05) is 0 Å². The molecular formula is C8H13N3O. The molecule has 0 saturated carbocycles. The second kappa shape index (κ2) is 2.89. The average Bonchev–Trinajstić information content (AvgIpc) is 2.30. The topological polar surface area (TPSA) is 51.3 Å². The summed E-state index contributed by atoms with van der Waals surface area (Å²) >= 11 is 0. The Labute approximate surface area is 71.6 Å². The highest BCUT2D eigenvalue weighted by Gasteiger charge is 2.14. The molecule has 1 rings (SSSR count). The van der Waals surface area contributed by atoms with E-state index in [-0.39, 0.29) is 5.91 Å². The van der Waals surface area contributed by atoms with Crippen LogP contribution >= 0.6 is 0 Å². The van der Waals surface area contributed by atoms with Crippen molar-refractivity contribution in [3.8, 4) is 0 Å². The molecule has 0 aromatic carbocycles. The molecule has 0 atom stereocenters. The first kappa shape index (κ1) is 8.64. The minimum absolute atomic E-state index is 0.0694. The van der Waals surface area contributed by atoms with Gasteiger partial charge in [-0.2, -0.15) is 0 Å². The number of carbonyl (C=O) groups excluding carboxylic acids is 1. The molecule has 1 aromatic rings. The lowest BCUT2D eigenvalue weighted by atomic mass is 10.3. The third-order valence-corrected chi connectivity index (χ3v) is 1.71. The number of hydrogen-bond acceptors (Lipinski definition) is 2. The SMILES string of the molecule is CN(C)C(=O)c1c(N)ccn1C. The molecule has 0 bridgehead atoms. The number of amides is 1. The van der Waals surface area contributed by atoms with Crippen molar-refractivity contribution in [2.75, 3.05) is 19.8 Å². The normalized spacial score (nSPS) is 9.92. The highest BCUT2D eigenvalue weighted by atomic mass is 16.2. The number of rotatable bonds is 1. The van der Waals surface area contributed by atoms with Gasteiger partial charge in [-0.15, -0.1) is 0 Å². The number of nitrogens with two attached hydrogens (primary N) is 1. The fourth-order valence-electron chi connectivity index (χ4n) is 1.04. The first-order chi connectivity index (χ1) is 5.54. The molecule has 1 amide bonds. The smallest absolute Gasteiger partial charge is 0.272 e. The fourth-order valence-corrected chi connectivity index (χ4v) is 1.04. The predicted molar refractivity (Wildman–Crippen MR) is 47.8 cm³/mol. The maximum Gasteiger partial charge on any atom is 0.272 e. The number of carbonyl (C=O) groups is 1. The Morgan fingerprint density at radius 2 is 2.17 bits per heavy atom. The monoisotopic (exact) mass is 167 g/mol. The van der Waals surface area contributed by atoms with Crippen molar-refractivity contribution in [2.24, 2.45) is 7.05 Å². The summed E-state index contributed by atoms with van der Waals surface area (Å²) in [7, 11) is 5.20. The van der Waals surface area contributed by atoms with Gasteiger partial charge in [0.05, 0.1) is 5.69 Å². The van der Waals surface area contributed by atoms with Crippen LogP contribution in [0.15, 0.2) is 12.3 Å². The van der Waals surface area contributed by atoms with Gasteiger partial charge in [0.15, 0.2) is 0 Å². The Morgan fingerprint density at radius 3 is 2.50 bits per heavy atom. The van der Waals surface area contributed by atoms with Gasteiger partial charge in [-0.3, -0.25) is 4.79 Å². The number of hydrogen-bond donors (Lipinski definition) is 1. The molecular weight excluding hydrogens is 154 g/mol. The minimum Gasteiger partial charge on any atom is -0.397 e. The van der Waals surface area contributed by atoms with Crippen LogP contribution in [-0.2, 0) is 7.05 Å². The quantitative estimate of drug-likeness (QED) is 0.654. The summed E-state index contributed by atoms with van der Waals surface area (Å²) in [5.41, 5.74) is 6.68. The number of aromatic nitrogens is 1. The lowest BCUT2D eigenvalue weighted by Crippen LogP contribution is -2.24. The third kappa shape index (κ3) is 1.28. The van der Waals surface area contributed by atoms with Crippen LogP contribution in [0.25, 0.3) is 0 Å². The van der Waals surface area contributed by atoms with E-state index < -0.39 is 0 Å². The summed E-state index contributed by atoms with van der Waals surface area (Å²) in [6.45, 7) is 0. The Bertz CT molecular complexity index is 282. The standard InChI is InChI=1S/C8H13N3O/c1-10(2)8(12)7-6(9)4-5-11(7)3/h4-5H,9H2,1-3H3. The van der Waals surface area contributed by atoms with Crippen LogP contribution in [0.1, 0.15) is 10.5 Å². The molecule has 1 aromatic heterocycles. The van der Waals surface area contributed by atoms with Crippen LogP contribution in [0.3, 0.4) is 0 Å². The van der Waals surface area contributed by atoms with Crippen molar-refractivity contribution in [3.63, 3.8) is 0 Å². The number of anilines is 1. The Hall–Kier alpha value is -1.45. The zero-order valence-electron chi connectivity index (χ0n) is 7.53. The molecule has 0 fully saturated rings. The van der Waals surface area contributed by atoms with Gasteiger partial charge in [0.2, 0.25) is 0 Å². The van der Waals surface area contributed by atoms with Crippen molar-refractivity contribution in [3.05, 3.63) is 18.0 Å². The Kier molecular flexibility index (Phi) is 2.08. The summed E-state index contributed by atoms with van der Waals surface area (Å²) < 4.78 is 1.72. The first-order valence-corrected chi connectivity index (χ1v) is 3.66. The largest absolute Gasteiger partial charge is 0.397 e. The molecule has 66 valence electrons. The molecule has 0 unspecified atom stereocenters. The lowest BCUT2D eigenvalue weighted by molar-refractivity contribution is 0.0819. The van der Waals surface area contributed by atoms with Gasteiger partial charge >= 0.3 is 0 Å². The highest BCUT2D eigenvalue weighted by Crippen LogP contribution is 2.12. The summed E-state index contributed by atoms with van der Waals surface area (Å²) in [6.07, 6.45) is 1.77. The maximum atomic E-state index is 11.5.